The fourth-order valence-electron chi connectivity index (χ4n) is 3.41. The van der Waals surface area contributed by atoms with Crippen LogP contribution in [-0.2, 0) is 9.05 Å². The largest absolute Gasteiger partial charge is 0.338 e. The van der Waals surface area contributed by atoms with Crippen LogP contribution in [0, 0.1) is 17.7 Å². The van der Waals surface area contributed by atoms with Gasteiger partial charge >= 0.3 is 0 Å². The maximum Gasteiger partial charge on any atom is 0.264 e. The average molecular weight is 332 g/mol. The number of carbonyl (C=O) groups is 1. The first-order valence-corrected chi connectivity index (χ1v) is 9.20. The zero-order valence-corrected chi connectivity index (χ0v) is 12.8. The summed E-state index contributed by atoms with van der Waals surface area (Å²) in [5.74, 6) is -0.109. The lowest BCUT2D eigenvalue weighted by Gasteiger charge is -2.17. The molecule has 7 heteroatoms. The Morgan fingerprint density at radius 3 is 2.43 bits per heavy atom. The van der Waals surface area contributed by atoms with Gasteiger partial charge in [-0.3, -0.25) is 4.79 Å². The first kappa shape index (κ1) is 14.8. The van der Waals surface area contributed by atoms with Gasteiger partial charge in [-0.2, -0.15) is 0 Å². The Morgan fingerprint density at radius 2 is 1.86 bits per heavy atom. The van der Waals surface area contributed by atoms with Crippen molar-refractivity contribution in [2.75, 3.05) is 13.1 Å². The van der Waals surface area contributed by atoms with E-state index in [-0.39, 0.29) is 11.5 Å². The molecule has 0 N–H and O–H groups in total. The molecule has 21 heavy (non-hydrogen) atoms. The second kappa shape index (κ2) is 5.25. The smallest absolute Gasteiger partial charge is 0.264 e. The predicted molar refractivity (Wildman–Crippen MR) is 76.2 cm³/mol. The molecule has 2 atom stereocenters. The molecule has 0 bridgehead atoms. The summed E-state index contributed by atoms with van der Waals surface area (Å²) < 4.78 is 36.1. The second-order valence-electron chi connectivity index (χ2n) is 5.74. The minimum Gasteiger partial charge on any atom is -0.338 e. The molecule has 4 nitrogen and oxygen atoms in total. The second-order valence-corrected chi connectivity index (χ2v) is 8.28. The third kappa shape index (κ3) is 2.79. The van der Waals surface area contributed by atoms with E-state index in [1.54, 1.807) is 4.90 Å². The molecule has 1 saturated carbocycles. The van der Waals surface area contributed by atoms with Gasteiger partial charge < -0.3 is 4.90 Å². The minimum absolute atomic E-state index is 0.163. The number of likely N-dealkylation sites (tertiary alicyclic amines) is 1. The number of fused-ring (bicyclic) bond motifs is 1. The van der Waals surface area contributed by atoms with E-state index < -0.39 is 19.8 Å². The summed E-state index contributed by atoms with van der Waals surface area (Å²) in [6, 6.07) is 3.30. The lowest BCUT2D eigenvalue weighted by atomic mass is 10.0. The Labute approximate surface area is 127 Å². The van der Waals surface area contributed by atoms with E-state index in [2.05, 4.69) is 0 Å². The van der Waals surface area contributed by atoms with Crippen LogP contribution in [-0.4, -0.2) is 32.3 Å². The van der Waals surface area contributed by atoms with Gasteiger partial charge in [0, 0.05) is 29.3 Å². The number of halogens is 2. The summed E-state index contributed by atoms with van der Waals surface area (Å²) in [7, 11) is 0.984. The van der Waals surface area contributed by atoms with Gasteiger partial charge in [-0.05, 0) is 42.9 Å². The number of amides is 1. The van der Waals surface area contributed by atoms with Crippen LogP contribution in [0.2, 0.25) is 0 Å². The van der Waals surface area contributed by atoms with Crippen LogP contribution in [0.15, 0.2) is 23.1 Å². The number of nitrogens with zero attached hydrogens (tertiary/aromatic N) is 1. The molecular formula is C14H15ClFNO3S. The van der Waals surface area contributed by atoms with Gasteiger partial charge in [-0.25, -0.2) is 12.8 Å². The van der Waals surface area contributed by atoms with Gasteiger partial charge in [0.1, 0.15) is 10.7 Å². The molecular weight excluding hydrogens is 317 g/mol. The molecule has 0 spiro atoms. The Hall–Kier alpha value is -1.14. The van der Waals surface area contributed by atoms with Crippen molar-refractivity contribution in [3.63, 3.8) is 0 Å². The third-order valence-electron chi connectivity index (χ3n) is 4.45. The quantitative estimate of drug-likeness (QED) is 0.783. The molecule has 1 amide bonds. The van der Waals surface area contributed by atoms with Crippen molar-refractivity contribution in [1.29, 1.82) is 0 Å². The molecule has 1 aliphatic carbocycles. The Balaban J connectivity index is 1.86. The fourth-order valence-corrected chi connectivity index (χ4v) is 4.33. The van der Waals surface area contributed by atoms with Crippen LogP contribution in [0.1, 0.15) is 29.6 Å². The van der Waals surface area contributed by atoms with Crippen LogP contribution in [0.5, 0.6) is 0 Å². The van der Waals surface area contributed by atoms with E-state index in [1.165, 1.54) is 12.5 Å². The number of hydrogen-bond acceptors (Lipinski definition) is 3. The molecule has 114 valence electrons. The van der Waals surface area contributed by atoms with Gasteiger partial charge in [0.25, 0.3) is 15.0 Å². The van der Waals surface area contributed by atoms with Crippen molar-refractivity contribution >= 4 is 25.6 Å². The zero-order valence-electron chi connectivity index (χ0n) is 11.3. The van der Waals surface area contributed by atoms with Crippen LogP contribution in [0.3, 0.4) is 0 Å². The molecule has 1 aliphatic heterocycles. The molecule has 1 aromatic rings. The predicted octanol–water partition coefficient (Wildman–Crippen LogP) is 2.63. The molecule has 1 heterocycles. The van der Waals surface area contributed by atoms with Gasteiger partial charge in [-0.1, -0.05) is 6.42 Å². The standard InChI is InChI=1S/C14H15ClFNO3S/c15-21(19,20)13-6-9(4-5-12(13)16)14(18)17-7-10-2-1-3-11(10)8-17/h4-6,10-11H,1-3,7-8H2. The summed E-state index contributed by atoms with van der Waals surface area (Å²) in [5, 5.41) is 0. The zero-order chi connectivity index (χ0) is 15.2. The fraction of sp³-hybridized carbons (Fsp3) is 0.500. The first-order chi connectivity index (χ1) is 9.86. The molecule has 2 aliphatic rings. The molecule has 0 radical (unpaired) electrons. The maximum atomic E-state index is 13.5. The molecule has 2 fully saturated rings. The van der Waals surface area contributed by atoms with E-state index in [9.17, 15) is 17.6 Å². The highest BCUT2D eigenvalue weighted by molar-refractivity contribution is 8.13. The van der Waals surface area contributed by atoms with Gasteiger partial charge in [0.2, 0.25) is 0 Å². The van der Waals surface area contributed by atoms with Gasteiger partial charge in [-0.15, -0.1) is 0 Å². The van der Waals surface area contributed by atoms with Crippen molar-refractivity contribution in [1.82, 2.24) is 4.90 Å². The van der Waals surface area contributed by atoms with Crippen LogP contribution in [0.25, 0.3) is 0 Å². The molecule has 0 aromatic heterocycles. The number of carbonyl (C=O) groups excluding carboxylic acids is 1. The monoisotopic (exact) mass is 331 g/mol. The van der Waals surface area contributed by atoms with E-state index in [1.807, 2.05) is 0 Å². The Morgan fingerprint density at radius 1 is 1.24 bits per heavy atom. The van der Waals surface area contributed by atoms with Crippen molar-refractivity contribution in [3.05, 3.63) is 29.6 Å². The summed E-state index contributed by atoms with van der Waals surface area (Å²) in [6.07, 6.45) is 3.49. The van der Waals surface area contributed by atoms with Crippen molar-refractivity contribution in [2.24, 2.45) is 11.8 Å². The van der Waals surface area contributed by atoms with E-state index >= 15 is 0 Å². The lowest BCUT2D eigenvalue weighted by Crippen LogP contribution is -2.29. The highest BCUT2D eigenvalue weighted by Gasteiger charge is 2.38. The van der Waals surface area contributed by atoms with Crippen molar-refractivity contribution < 1.29 is 17.6 Å². The SMILES string of the molecule is O=C(c1ccc(F)c(S(=O)(=O)Cl)c1)N1CC2CCCC2C1. The van der Waals surface area contributed by atoms with Crippen molar-refractivity contribution in [3.8, 4) is 0 Å². The normalized spacial score (nSPS) is 25.1. The summed E-state index contributed by atoms with van der Waals surface area (Å²) in [4.78, 5) is 13.5. The van der Waals surface area contributed by atoms with Crippen molar-refractivity contribution in [2.45, 2.75) is 24.2 Å². The number of benzene rings is 1. The minimum atomic E-state index is -4.20. The van der Waals surface area contributed by atoms with Gasteiger partial charge in [0.05, 0.1) is 0 Å². The molecule has 2 unspecified atom stereocenters. The molecule has 1 aromatic carbocycles. The maximum absolute atomic E-state index is 13.5. The van der Waals surface area contributed by atoms with Crippen LogP contribution >= 0.6 is 10.7 Å². The topological polar surface area (TPSA) is 54.5 Å². The van der Waals surface area contributed by atoms with Crippen LogP contribution < -0.4 is 0 Å². The number of hydrogen-bond donors (Lipinski definition) is 0. The van der Waals surface area contributed by atoms with E-state index in [4.69, 9.17) is 10.7 Å². The Bertz CT molecular complexity index is 679. The van der Waals surface area contributed by atoms with Gasteiger partial charge in [0.15, 0.2) is 0 Å². The highest BCUT2D eigenvalue weighted by atomic mass is 35.7. The summed E-state index contributed by atoms with van der Waals surface area (Å²) in [6.45, 7) is 1.40. The third-order valence-corrected chi connectivity index (χ3v) is 5.79. The molecule has 3 rings (SSSR count). The lowest BCUT2D eigenvalue weighted by molar-refractivity contribution is 0.0780. The van der Waals surface area contributed by atoms with E-state index in [0.29, 0.717) is 24.9 Å². The first-order valence-electron chi connectivity index (χ1n) is 6.90. The highest BCUT2D eigenvalue weighted by Crippen LogP contribution is 2.38. The Kier molecular flexibility index (Phi) is 3.69. The van der Waals surface area contributed by atoms with Crippen LogP contribution in [0.4, 0.5) is 4.39 Å². The summed E-state index contributed by atoms with van der Waals surface area (Å²) >= 11 is 0. The summed E-state index contributed by atoms with van der Waals surface area (Å²) in [5.41, 5.74) is 0.163. The average Bonchev–Trinajstić information content (AvgIpc) is 2.97. The molecule has 1 saturated heterocycles. The van der Waals surface area contributed by atoms with E-state index in [0.717, 1.165) is 25.0 Å². The number of rotatable bonds is 2.